The third-order valence-corrected chi connectivity index (χ3v) is 4.87. The Balaban J connectivity index is 1.59. The van der Waals surface area contributed by atoms with Crippen molar-refractivity contribution in [1.29, 1.82) is 0 Å². The zero-order chi connectivity index (χ0) is 21.6. The maximum atomic E-state index is 13.4. The SMILES string of the molecule is CCCN(CCCNc1ccnc2cc(C(F)(F)F)ccc12)Cc1cccc(F)c1. The van der Waals surface area contributed by atoms with Gasteiger partial charge in [0, 0.05) is 36.9 Å². The van der Waals surface area contributed by atoms with Gasteiger partial charge in [0.05, 0.1) is 11.1 Å². The lowest BCUT2D eigenvalue weighted by molar-refractivity contribution is -0.137. The molecule has 3 aromatic rings. The van der Waals surface area contributed by atoms with Crippen molar-refractivity contribution in [2.75, 3.05) is 25.0 Å². The molecule has 1 heterocycles. The molecular formula is C23H25F4N3. The molecule has 30 heavy (non-hydrogen) atoms. The Labute approximate surface area is 173 Å². The number of rotatable bonds is 9. The Kier molecular flexibility index (Phi) is 7.26. The predicted molar refractivity (Wildman–Crippen MR) is 112 cm³/mol. The van der Waals surface area contributed by atoms with Crippen molar-refractivity contribution < 1.29 is 17.6 Å². The molecule has 0 saturated heterocycles. The van der Waals surface area contributed by atoms with Crippen molar-refractivity contribution in [3.05, 3.63) is 71.7 Å². The number of alkyl halides is 3. The van der Waals surface area contributed by atoms with Crippen LogP contribution in [0.3, 0.4) is 0 Å². The normalized spacial score (nSPS) is 11.9. The molecular weight excluding hydrogens is 394 g/mol. The molecule has 3 rings (SSSR count). The van der Waals surface area contributed by atoms with Crippen LogP contribution in [0.1, 0.15) is 30.9 Å². The van der Waals surface area contributed by atoms with Crippen molar-refractivity contribution in [3.8, 4) is 0 Å². The Morgan fingerprint density at radius 3 is 2.60 bits per heavy atom. The molecule has 1 aromatic heterocycles. The first-order valence-electron chi connectivity index (χ1n) is 10.0. The molecule has 0 aliphatic heterocycles. The molecule has 160 valence electrons. The standard InChI is InChI=1S/C23H25F4N3/c1-2-12-30(16-17-5-3-6-19(24)14-17)13-4-10-28-21-9-11-29-22-15-18(23(25,26)27)7-8-20(21)22/h3,5-9,11,14-15H,2,4,10,12-13,16H2,1H3,(H,28,29). The second kappa shape index (κ2) is 9.89. The minimum atomic E-state index is -4.39. The van der Waals surface area contributed by atoms with E-state index in [1.165, 1.54) is 18.3 Å². The van der Waals surface area contributed by atoms with Gasteiger partial charge in [-0.25, -0.2) is 4.39 Å². The summed E-state index contributed by atoms with van der Waals surface area (Å²) in [6.45, 7) is 5.20. The first-order chi connectivity index (χ1) is 14.4. The van der Waals surface area contributed by atoms with Crippen LogP contribution in [0.15, 0.2) is 54.7 Å². The quantitative estimate of drug-likeness (QED) is 0.335. The first-order valence-corrected chi connectivity index (χ1v) is 10.0. The lowest BCUT2D eigenvalue weighted by Gasteiger charge is -2.22. The van der Waals surface area contributed by atoms with E-state index in [1.807, 2.05) is 6.07 Å². The lowest BCUT2D eigenvalue weighted by atomic mass is 10.1. The van der Waals surface area contributed by atoms with Gasteiger partial charge in [-0.1, -0.05) is 25.1 Å². The molecule has 0 radical (unpaired) electrons. The Morgan fingerprint density at radius 2 is 1.87 bits per heavy atom. The zero-order valence-corrected chi connectivity index (χ0v) is 16.8. The highest BCUT2D eigenvalue weighted by molar-refractivity contribution is 5.91. The van der Waals surface area contributed by atoms with Crippen molar-refractivity contribution in [1.82, 2.24) is 9.88 Å². The van der Waals surface area contributed by atoms with E-state index in [0.717, 1.165) is 49.3 Å². The van der Waals surface area contributed by atoms with Crippen molar-refractivity contribution in [2.45, 2.75) is 32.5 Å². The lowest BCUT2D eigenvalue weighted by Crippen LogP contribution is -2.26. The minimum absolute atomic E-state index is 0.233. The van der Waals surface area contributed by atoms with Crippen LogP contribution >= 0.6 is 0 Å². The van der Waals surface area contributed by atoms with Gasteiger partial charge in [-0.2, -0.15) is 13.2 Å². The van der Waals surface area contributed by atoms with Gasteiger partial charge in [0.2, 0.25) is 0 Å². The maximum absolute atomic E-state index is 13.4. The summed E-state index contributed by atoms with van der Waals surface area (Å²) in [4.78, 5) is 6.35. The molecule has 2 aromatic carbocycles. The van der Waals surface area contributed by atoms with Gasteiger partial charge in [0.15, 0.2) is 0 Å². The summed E-state index contributed by atoms with van der Waals surface area (Å²) < 4.78 is 52.2. The summed E-state index contributed by atoms with van der Waals surface area (Å²) in [6, 6.07) is 12.0. The summed E-state index contributed by atoms with van der Waals surface area (Å²) in [5, 5.41) is 3.97. The molecule has 0 aliphatic rings. The summed E-state index contributed by atoms with van der Waals surface area (Å²) in [5.74, 6) is -0.233. The minimum Gasteiger partial charge on any atom is -0.384 e. The molecule has 3 nitrogen and oxygen atoms in total. The summed E-state index contributed by atoms with van der Waals surface area (Å²) in [7, 11) is 0. The smallest absolute Gasteiger partial charge is 0.384 e. The molecule has 0 fully saturated rings. The van der Waals surface area contributed by atoms with Crippen LogP contribution in [0.25, 0.3) is 10.9 Å². The third-order valence-electron chi connectivity index (χ3n) is 4.87. The van der Waals surface area contributed by atoms with Gasteiger partial charge in [-0.15, -0.1) is 0 Å². The van der Waals surface area contributed by atoms with E-state index in [0.29, 0.717) is 24.0 Å². The number of halogens is 4. The zero-order valence-electron chi connectivity index (χ0n) is 16.8. The monoisotopic (exact) mass is 419 g/mol. The number of nitrogens with zero attached hydrogens (tertiary/aromatic N) is 2. The average molecular weight is 419 g/mol. The van der Waals surface area contributed by atoms with Crippen LogP contribution in [0.5, 0.6) is 0 Å². The molecule has 1 N–H and O–H groups in total. The molecule has 0 bridgehead atoms. The molecule has 0 aliphatic carbocycles. The number of benzene rings is 2. The summed E-state index contributed by atoms with van der Waals surface area (Å²) in [5.41, 5.74) is 1.32. The summed E-state index contributed by atoms with van der Waals surface area (Å²) >= 11 is 0. The van der Waals surface area contributed by atoms with Gasteiger partial charge in [0.1, 0.15) is 5.82 Å². The average Bonchev–Trinajstić information content (AvgIpc) is 2.70. The highest BCUT2D eigenvalue weighted by Crippen LogP contribution is 2.32. The van der Waals surface area contributed by atoms with Gasteiger partial charge in [-0.05, 0) is 55.3 Å². The molecule has 7 heteroatoms. The fourth-order valence-corrected chi connectivity index (χ4v) is 3.48. The summed E-state index contributed by atoms with van der Waals surface area (Å²) in [6.07, 6.45) is -1.03. The highest BCUT2D eigenvalue weighted by Gasteiger charge is 2.30. The first kappa shape index (κ1) is 22.0. The van der Waals surface area contributed by atoms with E-state index < -0.39 is 11.7 Å². The fourth-order valence-electron chi connectivity index (χ4n) is 3.48. The second-order valence-electron chi connectivity index (χ2n) is 7.27. The van der Waals surface area contributed by atoms with Crippen molar-refractivity contribution in [2.24, 2.45) is 0 Å². The Bertz CT molecular complexity index is 972. The number of hydrogen-bond acceptors (Lipinski definition) is 3. The van der Waals surface area contributed by atoms with Crippen LogP contribution in [0, 0.1) is 5.82 Å². The van der Waals surface area contributed by atoms with E-state index in [2.05, 4.69) is 22.1 Å². The predicted octanol–water partition coefficient (Wildman–Crippen LogP) is 6.11. The van der Waals surface area contributed by atoms with Gasteiger partial charge in [-0.3, -0.25) is 9.88 Å². The largest absolute Gasteiger partial charge is 0.416 e. The van der Waals surface area contributed by atoms with Crippen molar-refractivity contribution >= 4 is 16.6 Å². The van der Waals surface area contributed by atoms with Crippen LogP contribution in [-0.2, 0) is 12.7 Å². The number of fused-ring (bicyclic) bond motifs is 1. The van der Waals surface area contributed by atoms with Crippen LogP contribution < -0.4 is 5.32 Å². The van der Waals surface area contributed by atoms with Crippen LogP contribution in [0.4, 0.5) is 23.2 Å². The van der Waals surface area contributed by atoms with E-state index in [1.54, 1.807) is 18.2 Å². The maximum Gasteiger partial charge on any atom is 0.416 e. The fraction of sp³-hybridized carbons (Fsp3) is 0.348. The van der Waals surface area contributed by atoms with Crippen LogP contribution in [-0.4, -0.2) is 29.5 Å². The third kappa shape index (κ3) is 5.92. The Morgan fingerprint density at radius 1 is 1.03 bits per heavy atom. The number of anilines is 1. The van der Waals surface area contributed by atoms with E-state index in [4.69, 9.17) is 0 Å². The van der Waals surface area contributed by atoms with Gasteiger partial charge in [0.25, 0.3) is 0 Å². The van der Waals surface area contributed by atoms with E-state index in [-0.39, 0.29) is 5.82 Å². The highest BCUT2D eigenvalue weighted by atomic mass is 19.4. The number of hydrogen-bond donors (Lipinski definition) is 1. The Hall–Kier alpha value is -2.67. The molecule has 0 spiro atoms. The van der Waals surface area contributed by atoms with Crippen molar-refractivity contribution in [3.63, 3.8) is 0 Å². The van der Waals surface area contributed by atoms with Gasteiger partial charge < -0.3 is 5.32 Å². The van der Waals surface area contributed by atoms with E-state index in [9.17, 15) is 17.6 Å². The second-order valence-corrected chi connectivity index (χ2v) is 7.27. The molecule has 0 amide bonds. The topological polar surface area (TPSA) is 28.2 Å². The van der Waals surface area contributed by atoms with E-state index >= 15 is 0 Å². The molecule has 0 saturated carbocycles. The van der Waals surface area contributed by atoms with Crippen LogP contribution in [0.2, 0.25) is 0 Å². The molecule has 0 atom stereocenters. The number of pyridine rings is 1. The molecule has 0 unspecified atom stereocenters. The number of aromatic nitrogens is 1. The number of nitrogens with one attached hydrogen (secondary N) is 1. The van der Waals surface area contributed by atoms with Gasteiger partial charge >= 0.3 is 6.18 Å².